The molecule has 1 aromatic heterocycles. The molecule has 0 aliphatic carbocycles. The molecule has 2 heterocycles. The molecule has 3 aromatic carbocycles. The molecule has 1 unspecified atom stereocenters. The SMILES string of the molecule is COc1cccc(N2C(=O)c3oc4ccc(F)cc4c(=O)c3C2c2cccc(Br)c2)c1. The second kappa shape index (κ2) is 7.35. The summed E-state index contributed by atoms with van der Waals surface area (Å²) in [6.07, 6.45) is 0. The second-order valence-electron chi connectivity index (χ2n) is 7.15. The van der Waals surface area contributed by atoms with Crippen molar-refractivity contribution < 1.29 is 18.3 Å². The van der Waals surface area contributed by atoms with Crippen LogP contribution >= 0.6 is 15.9 Å². The first kappa shape index (κ1) is 19.5. The van der Waals surface area contributed by atoms with Gasteiger partial charge in [0, 0.05) is 16.2 Å². The van der Waals surface area contributed by atoms with Crippen molar-refractivity contribution in [1.82, 2.24) is 0 Å². The van der Waals surface area contributed by atoms with Gasteiger partial charge in [-0.1, -0.05) is 34.1 Å². The number of nitrogens with zero attached hydrogens (tertiary/aromatic N) is 1. The number of rotatable bonds is 3. The molecule has 154 valence electrons. The summed E-state index contributed by atoms with van der Waals surface area (Å²) < 4.78 is 25.8. The Morgan fingerprint density at radius 1 is 1.03 bits per heavy atom. The van der Waals surface area contributed by atoms with Crippen molar-refractivity contribution in [3.8, 4) is 5.75 Å². The van der Waals surface area contributed by atoms with Crippen LogP contribution in [-0.4, -0.2) is 13.0 Å². The van der Waals surface area contributed by atoms with E-state index in [1.165, 1.54) is 24.1 Å². The molecule has 1 aliphatic heterocycles. The molecule has 0 saturated heterocycles. The van der Waals surface area contributed by atoms with Crippen molar-refractivity contribution >= 4 is 38.5 Å². The zero-order chi connectivity index (χ0) is 21.7. The highest BCUT2D eigenvalue weighted by atomic mass is 79.9. The van der Waals surface area contributed by atoms with Crippen molar-refractivity contribution in [3.63, 3.8) is 0 Å². The molecule has 4 aromatic rings. The van der Waals surface area contributed by atoms with Crippen LogP contribution in [0.3, 0.4) is 0 Å². The Bertz CT molecular complexity index is 1410. The third-order valence-electron chi connectivity index (χ3n) is 5.33. The van der Waals surface area contributed by atoms with Crippen molar-refractivity contribution in [2.75, 3.05) is 12.0 Å². The molecule has 0 radical (unpaired) electrons. The molecule has 0 saturated carbocycles. The lowest BCUT2D eigenvalue weighted by atomic mass is 9.98. The van der Waals surface area contributed by atoms with E-state index in [1.54, 1.807) is 24.3 Å². The first-order valence-electron chi connectivity index (χ1n) is 9.47. The van der Waals surface area contributed by atoms with Crippen LogP contribution in [0, 0.1) is 5.82 Å². The first-order valence-corrected chi connectivity index (χ1v) is 10.3. The Labute approximate surface area is 184 Å². The molecule has 1 atom stereocenters. The van der Waals surface area contributed by atoms with E-state index in [9.17, 15) is 14.0 Å². The molecular formula is C24H15BrFNO4. The summed E-state index contributed by atoms with van der Waals surface area (Å²) >= 11 is 3.46. The van der Waals surface area contributed by atoms with Gasteiger partial charge < -0.3 is 9.15 Å². The zero-order valence-corrected chi connectivity index (χ0v) is 17.9. The maximum absolute atomic E-state index is 13.9. The molecule has 0 N–H and O–H groups in total. The third-order valence-corrected chi connectivity index (χ3v) is 5.82. The van der Waals surface area contributed by atoms with Crippen molar-refractivity contribution in [2.45, 2.75) is 6.04 Å². The Morgan fingerprint density at radius 2 is 1.84 bits per heavy atom. The maximum atomic E-state index is 13.9. The molecule has 5 rings (SSSR count). The summed E-state index contributed by atoms with van der Waals surface area (Å²) in [6, 6.07) is 17.3. The van der Waals surface area contributed by atoms with Crippen LogP contribution < -0.4 is 15.1 Å². The fourth-order valence-corrected chi connectivity index (χ4v) is 4.38. The fraction of sp³-hybridized carbons (Fsp3) is 0.0833. The number of fused-ring (bicyclic) bond motifs is 2. The van der Waals surface area contributed by atoms with Gasteiger partial charge in [-0.25, -0.2) is 4.39 Å². The average Bonchev–Trinajstić information content (AvgIpc) is 3.07. The van der Waals surface area contributed by atoms with Gasteiger partial charge in [-0.15, -0.1) is 0 Å². The highest BCUT2D eigenvalue weighted by molar-refractivity contribution is 9.10. The molecule has 0 bridgehead atoms. The lowest BCUT2D eigenvalue weighted by molar-refractivity contribution is 0.0971. The van der Waals surface area contributed by atoms with Crippen molar-refractivity contribution in [2.24, 2.45) is 0 Å². The van der Waals surface area contributed by atoms with Crippen molar-refractivity contribution in [1.29, 1.82) is 0 Å². The molecule has 7 heteroatoms. The lowest BCUT2D eigenvalue weighted by Crippen LogP contribution is -2.29. The van der Waals surface area contributed by atoms with E-state index in [0.29, 0.717) is 17.0 Å². The van der Waals surface area contributed by atoms with Gasteiger partial charge in [0.2, 0.25) is 5.76 Å². The lowest BCUT2D eigenvalue weighted by Gasteiger charge is -2.25. The van der Waals surface area contributed by atoms with Crippen LogP contribution in [0.2, 0.25) is 0 Å². The van der Waals surface area contributed by atoms with Crippen LogP contribution in [0.25, 0.3) is 11.0 Å². The van der Waals surface area contributed by atoms with Crippen molar-refractivity contribution in [3.05, 3.63) is 104 Å². The summed E-state index contributed by atoms with van der Waals surface area (Å²) in [5.74, 6) is -0.470. The fourth-order valence-electron chi connectivity index (χ4n) is 3.96. The number of hydrogen-bond donors (Lipinski definition) is 0. The number of methoxy groups -OCH3 is 1. The average molecular weight is 480 g/mol. The number of halogens is 2. The number of anilines is 1. The highest BCUT2D eigenvalue weighted by Gasteiger charge is 2.43. The quantitative estimate of drug-likeness (QED) is 0.391. The monoisotopic (exact) mass is 479 g/mol. The number of hydrogen-bond acceptors (Lipinski definition) is 4. The summed E-state index contributed by atoms with van der Waals surface area (Å²) in [4.78, 5) is 28.4. The van der Waals surface area contributed by atoms with Gasteiger partial charge in [-0.05, 0) is 48.0 Å². The summed E-state index contributed by atoms with van der Waals surface area (Å²) in [5.41, 5.74) is 1.19. The summed E-state index contributed by atoms with van der Waals surface area (Å²) in [5, 5.41) is 0.0963. The van der Waals surface area contributed by atoms with E-state index in [1.807, 2.05) is 24.3 Å². The van der Waals surface area contributed by atoms with Crippen LogP contribution in [0.1, 0.15) is 27.7 Å². The molecule has 31 heavy (non-hydrogen) atoms. The van der Waals surface area contributed by atoms with Gasteiger partial charge in [0.15, 0.2) is 5.43 Å². The number of carbonyl (C=O) groups is 1. The van der Waals surface area contributed by atoms with Gasteiger partial charge in [0.25, 0.3) is 5.91 Å². The largest absolute Gasteiger partial charge is 0.497 e. The minimum absolute atomic E-state index is 0.0445. The van der Waals surface area contributed by atoms with Crippen LogP contribution in [-0.2, 0) is 0 Å². The van der Waals surface area contributed by atoms with E-state index >= 15 is 0 Å². The molecule has 5 nitrogen and oxygen atoms in total. The summed E-state index contributed by atoms with van der Waals surface area (Å²) in [6.45, 7) is 0. The first-order chi connectivity index (χ1) is 15.0. The van der Waals surface area contributed by atoms with E-state index < -0.39 is 23.2 Å². The van der Waals surface area contributed by atoms with Crippen LogP contribution in [0.15, 0.2) is 80.4 Å². The van der Waals surface area contributed by atoms with Gasteiger partial charge in [0.1, 0.15) is 17.1 Å². The number of carbonyl (C=O) groups excluding carboxylic acids is 1. The van der Waals surface area contributed by atoms with Gasteiger partial charge >= 0.3 is 0 Å². The predicted molar refractivity (Wildman–Crippen MR) is 118 cm³/mol. The second-order valence-corrected chi connectivity index (χ2v) is 8.06. The third kappa shape index (κ3) is 3.13. The highest BCUT2D eigenvalue weighted by Crippen LogP contribution is 2.42. The van der Waals surface area contributed by atoms with E-state index in [4.69, 9.17) is 9.15 Å². The van der Waals surface area contributed by atoms with Gasteiger partial charge in [0.05, 0.1) is 24.1 Å². The Morgan fingerprint density at radius 3 is 2.61 bits per heavy atom. The van der Waals surface area contributed by atoms with Gasteiger partial charge in [-0.3, -0.25) is 14.5 Å². The number of amides is 1. The molecule has 1 amide bonds. The molecule has 1 aliphatic rings. The van der Waals surface area contributed by atoms with E-state index in [-0.39, 0.29) is 22.3 Å². The van der Waals surface area contributed by atoms with E-state index in [2.05, 4.69) is 15.9 Å². The van der Waals surface area contributed by atoms with Crippen LogP contribution in [0.5, 0.6) is 5.75 Å². The molecule has 0 fully saturated rings. The Hall–Kier alpha value is -3.45. The molecule has 0 spiro atoms. The Kier molecular flexibility index (Phi) is 4.63. The Balaban J connectivity index is 1.82. The smallest absolute Gasteiger partial charge is 0.295 e. The van der Waals surface area contributed by atoms with Crippen LogP contribution in [0.4, 0.5) is 10.1 Å². The van der Waals surface area contributed by atoms with Gasteiger partial charge in [-0.2, -0.15) is 0 Å². The maximum Gasteiger partial charge on any atom is 0.295 e. The predicted octanol–water partition coefficient (Wildman–Crippen LogP) is 5.45. The number of ether oxygens (including phenoxy) is 1. The zero-order valence-electron chi connectivity index (χ0n) is 16.3. The number of benzene rings is 3. The normalized spacial score (nSPS) is 15.4. The van der Waals surface area contributed by atoms with E-state index in [0.717, 1.165) is 10.5 Å². The minimum Gasteiger partial charge on any atom is -0.497 e. The topological polar surface area (TPSA) is 59.8 Å². The standard InChI is InChI=1S/C24H15BrFNO4/c1-30-17-7-3-6-16(12-17)27-21(13-4-2-5-14(25)10-13)20-22(28)18-11-15(26)8-9-19(18)31-23(20)24(27)29/h2-12,21H,1H3. The summed E-state index contributed by atoms with van der Waals surface area (Å²) in [7, 11) is 1.54. The molecular weight excluding hydrogens is 465 g/mol. The minimum atomic E-state index is -0.740.